The van der Waals surface area contributed by atoms with Crippen molar-refractivity contribution in [2.75, 3.05) is 14.2 Å². The predicted octanol–water partition coefficient (Wildman–Crippen LogP) is 2.99. The first-order chi connectivity index (χ1) is 7.77. The van der Waals surface area contributed by atoms with Crippen molar-refractivity contribution in [2.24, 2.45) is 0 Å². The van der Waals surface area contributed by atoms with Crippen LogP contribution in [0.1, 0.15) is 15.9 Å². The fourth-order valence-corrected chi connectivity index (χ4v) is 1.36. The molecule has 0 radical (unpaired) electrons. The molecule has 0 N–H and O–H groups in total. The number of hydroxylamine groups is 2. The highest BCUT2D eigenvalue weighted by molar-refractivity contribution is 6.31. The van der Waals surface area contributed by atoms with E-state index in [1.54, 1.807) is 0 Å². The van der Waals surface area contributed by atoms with Crippen molar-refractivity contribution < 1.29 is 22.8 Å². The zero-order valence-electron chi connectivity index (χ0n) is 9.01. The van der Waals surface area contributed by atoms with Crippen molar-refractivity contribution in [1.82, 2.24) is 5.06 Å². The van der Waals surface area contributed by atoms with Crippen molar-refractivity contribution in [3.8, 4) is 0 Å². The zero-order valence-corrected chi connectivity index (χ0v) is 9.76. The third-order valence-electron chi connectivity index (χ3n) is 2.08. The second-order valence-corrected chi connectivity index (χ2v) is 3.58. The van der Waals surface area contributed by atoms with Gasteiger partial charge in [-0.15, -0.1) is 0 Å². The highest BCUT2D eigenvalue weighted by atomic mass is 35.5. The quantitative estimate of drug-likeness (QED) is 0.771. The Kier molecular flexibility index (Phi) is 4.00. The van der Waals surface area contributed by atoms with E-state index in [4.69, 9.17) is 11.6 Å². The van der Waals surface area contributed by atoms with Gasteiger partial charge in [0.25, 0.3) is 5.91 Å². The molecule has 0 fully saturated rings. The minimum absolute atomic E-state index is 0.147. The predicted molar refractivity (Wildman–Crippen MR) is 55.6 cm³/mol. The lowest BCUT2D eigenvalue weighted by molar-refractivity contribution is -0.137. The molecule has 0 aliphatic rings. The van der Waals surface area contributed by atoms with Crippen LogP contribution in [0.3, 0.4) is 0 Å². The maximum Gasteiger partial charge on any atom is 0.417 e. The Bertz CT molecular complexity index is 434. The Morgan fingerprint density at radius 1 is 1.41 bits per heavy atom. The van der Waals surface area contributed by atoms with Crippen LogP contribution in [-0.4, -0.2) is 25.1 Å². The van der Waals surface area contributed by atoms with E-state index in [2.05, 4.69) is 4.84 Å². The molecule has 0 saturated heterocycles. The standard InChI is InChI=1S/C10H9ClF3NO2/c1-15(17-2)9(16)6-3-4-8(11)7(5-6)10(12,13)14/h3-5H,1-2H3. The van der Waals surface area contributed by atoms with Gasteiger partial charge in [-0.2, -0.15) is 13.2 Å². The third kappa shape index (κ3) is 3.10. The smallest absolute Gasteiger partial charge is 0.274 e. The van der Waals surface area contributed by atoms with Gasteiger partial charge in [0.2, 0.25) is 0 Å². The Morgan fingerprint density at radius 3 is 2.47 bits per heavy atom. The molecule has 1 amide bonds. The molecule has 17 heavy (non-hydrogen) atoms. The van der Waals surface area contributed by atoms with Crippen molar-refractivity contribution in [3.63, 3.8) is 0 Å². The number of carbonyl (C=O) groups is 1. The summed E-state index contributed by atoms with van der Waals surface area (Å²) in [5, 5.41) is 0.373. The summed E-state index contributed by atoms with van der Waals surface area (Å²) in [7, 11) is 2.53. The number of alkyl halides is 3. The van der Waals surface area contributed by atoms with Gasteiger partial charge in [0, 0.05) is 12.6 Å². The highest BCUT2D eigenvalue weighted by Crippen LogP contribution is 2.35. The van der Waals surface area contributed by atoms with E-state index >= 15 is 0 Å². The Labute approximate surface area is 101 Å². The van der Waals surface area contributed by atoms with Gasteiger partial charge in [-0.1, -0.05) is 11.6 Å². The zero-order chi connectivity index (χ0) is 13.2. The number of amides is 1. The fourth-order valence-electron chi connectivity index (χ4n) is 1.14. The number of carbonyl (C=O) groups excluding carboxylic acids is 1. The first kappa shape index (κ1) is 13.8. The van der Waals surface area contributed by atoms with Crippen LogP contribution in [0.2, 0.25) is 5.02 Å². The van der Waals surface area contributed by atoms with Crippen LogP contribution in [0.5, 0.6) is 0 Å². The lowest BCUT2D eigenvalue weighted by Gasteiger charge is -2.15. The Balaban J connectivity index is 3.18. The van der Waals surface area contributed by atoms with E-state index in [-0.39, 0.29) is 5.56 Å². The van der Waals surface area contributed by atoms with Gasteiger partial charge in [-0.3, -0.25) is 9.63 Å². The van der Waals surface area contributed by atoms with Crippen LogP contribution in [0.15, 0.2) is 18.2 Å². The van der Waals surface area contributed by atoms with Gasteiger partial charge in [0.15, 0.2) is 0 Å². The van der Waals surface area contributed by atoms with Crippen LogP contribution < -0.4 is 0 Å². The third-order valence-corrected chi connectivity index (χ3v) is 2.41. The maximum atomic E-state index is 12.5. The molecule has 1 aromatic carbocycles. The van der Waals surface area contributed by atoms with E-state index < -0.39 is 22.7 Å². The molecule has 0 aromatic heterocycles. The molecular formula is C10H9ClF3NO2. The molecule has 3 nitrogen and oxygen atoms in total. The maximum absolute atomic E-state index is 12.5. The van der Waals surface area contributed by atoms with Crippen LogP contribution in [0.4, 0.5) is 13.2 Å². The molecule has 0 spiro atoms. The highest BCUT2D eigenvalue weighted by Gasteiger charge is 2.34. The van der Waals surface area contributed by atoms with E-state index in [0.717, 1.165) is 11.1 Å². The summed E-state index contributed by atoms with van der Waals surface area (Å²) in [6.45, 7) is 0. The number of halogens is 4. The monoisotopic (exact) mass is 267 g/mol. The molecule has 7 heteroatoms. The van der Waals surface area contributed by atoms with Crippen LogP contribution in [0, 0.1) is 0 Å². The second-order valence-electron chi connectivity index (χ2n) is 3.18. The van der Waals surface area contributed by atoms with Crippen LogP contribution in [0.25, 0.3) is 0 Å². The summed E-state index contributed by atoms with van der Waals surface area (Å²) in [5.74, 6) is -0.685. The average molecular weight is 268 g/mol. The molecule has 0 unspecified atom stereocenters. The summed E-state index contributed by atoms with van der Waals surface area (Å²) in [6, 6.07) is 2.93. The molecule has 0 saturated carbocycles. The van der Waals surface area contributed by atoms with Crippen LogP contribution in [-0.2, 0) is 11.0 Å². The van der Waals surface area contributed by atoms with Gasteiger partial charge < -0.3 is 0 Å². The minimum Gasteiger partial charge on any atom is -0.274 e. The molecule has 0 heterocycles. The Hall–Kier alpha value is -1.27. The van der Waals surface area contributed by atoms with Gasteiger partial charge in [-0.05, 0) is 18.2 Å². The average Bonchev–Trinajstić information content (AvgIpc) is 2.26. The van der Waals surface area contributed by atoms with Crippen LogP contribution >= 0.6 is 11.6 Å². The first-order valence-electron chi connectivity index (χ1n) is 4.46. The topological polar surface area (TPSA) is 29.5 Å². The van der Waals surface area contributed by atoms with Crippen molar-refractivity contribution in [3.05, 3.63) is 34.3 Å². The normalized spacial score (nSPS) is 11.4. The van der Waals surface area contributed by atoms with Crippen molar-refractivity contribution >= 4 is 17.5 Å². The summed E-state index contributed by atoms with van der Waals surface area (Å²) < 4.78 is 37.6. The Morgan fingerprint density at radius 2 is 2.00 bits per heavy atom. The summed E-state index contributed by atoms with van der Waals surface area (Å²) >= 11 is 5.42. The molecule has 1 aromatic rings. The van der Waals surface area contributed by atoms with Gasteiger partial charge in [0.05, 0.1) is 17.7 Å². The lowest BCUT2D eigenvalue weighted by atomic mass is 10.1. The second kappa shape index (κ2) is 4.93. The largest absolute Gasteiger partial charge is 0.417 e. The van der Waals surface area contributed by atoms with Crippen molar-refractivity contribution in [2.45, 2.75) is 6.18 Å². The molecule has 0 atom stereocenters. The van der Waals surface area contributed by atoms with E-state index in [1.807, 2.05) is 0 Å². The molecule has 0 aliphatic heterocycles. The number of rotatable bonds is 2. The van der Waals surface area contributed by atoms with E-state index in [0.29, 0.717) is 6.07 Å². The molecular weight excluding hydrogens is 259 g/mol. The number of benzene rings is 1. The number of hydrogen-bond donors (Lipinski definition) is 0. The summed E-state index contributed by atoms with van der Waals surface area (Å²) in [4.78, 5) is 16.1. The van der Waals surface area contributed by atoms with E-state index in [9.17, 15) is 18.0 Å². The summed E-state index contributed by atoms with van der Waals surface area (Å²) in [5.41, 5.74) is -1.19. The van der Waals surface area contributed by atoms with Gasteiger partial charge in [-0.25, -0.2) is 5.06 Å². The van der Waals surface area contributed by atoms with Gasteiger partial charge in [0.1, 0.15) is 0 Å². The van der Waals surface area contributed by atoms with Crippen molar-refractivity contribution in [1.29, 1.82) is 0 Å². The van der Waals surface area contributed by atoms with Gasteiger partial charge >= 0.3 is 6.18 Å². The SMILES string of the molecule is CON(C)C(=O)c1ccc(Cl)c(C(F)(F)F)c1. The minimum atomic E-state index is -4.60. The molecule has 94 valence electrons. The number of hydrogen-bond acceptors (Lipinski definition) is 2. The molecule has 0 bridgehead atoms. The number of nitrogens with zero attached hydrogens (tertiary/aromatic N) is 1. The molecule has 1 rings (SSSR count). The summed E-state index contributed by atoms with van der Waals surface area (Å²) in [6.07, 6.45) is -4.60. The van der Waals surface area contributed by atoms with E-state index in [1.165, 1.54) is 20.2 Å². The lowest BCUT2D eigenvalue weighted by Crippen LogP contribution is -2.25. The fraction of sp³-hybridized carbons (Fsp3) is 0.300. The first-order valence-corrected chi connectivity index (χ1v) is 4.84. The molecule has 0 aliphatic carbocycles.